The van der Waals surface area contributed by atoms with Gasteiger partial charge >= 0.3 is 0 Å². The Bertz CT molecular complexity index is 581. The minimum Gasteiger partial charge on any atom is -0.397 e. The lowest BCUT2D eigenvalue weighted by molar-refractivity contribution is 0.273. The highest BCUT2D eigenvalue weighted by molar-refractivity contribution is 5.67. The molecule has 4 N–H and O–H groups in total. The fraction of sp³-hybridized carbons (Fsp3) is 0.294. The number of nitrogen functional groups attached to an aromatic ring is 1. The molecule has 3 heteroatoms. The molecule has 2 aromatic carbocycles. The molecule has 0 saturated carbocycles. The first-order chi connectivity index (χ1) is 9.60. The van der Waals surface area contributed by atoms with Crippen LogP contribution < -0.4 is 11.1 Å². The number of hydrogen-bond donors (Lipinski definition) is 3. The number of hydrogen-bond acceptors (Lipinski definition) is 3. The second kappa shape index (κ2) is 6.44. The van der Waals surface area contributed by atoms with Gasteiger partial charge in [-0.25, -0.2) is 0 Å². The number of nitrogens with two attached hydrogens (primary N) is 1. The van der Waals surface area contributed by atoms with Crippen LogP contribution in [0.5, 0.6) is 0 Å². The summed E-state index contributed by atoms with van der Waals surface area (Å²) in [7, 11) is 0. The highest BCUT2D eigenvalue weighted by atomic mass is 16.3. The number of aliphatic hydroxyl groups excluding tert-OH is 1. The molecule has 0 saturated heterocycles. The molecular weight excluding hydrogens is 248 g/mol. The van der Waals surface area contributed by atoms with Crippen LogP contribution in [0.4, 0.5) is 11.4 Å². The largest absolute Gasteiger partial charge is 0.397 e. The molecule has 2 rings (SSSR count). The minimum absolute atomic E-state index is 0.0415. The summed E-state index contributed by atoms with van der Waals surface area (Å²) in [5.41, 5.74) is 11.2. The lowest BCUT2D eigenvalue weighted by atomic mass is 10.0. The standard InChI is InChI=1S/C17H22N2O/c1-12-7-8-16(18)17(9-12)19-15(11-20)10-14-6-4-3-5-13(14)2/h3-9,15,19-20H,10-11,18H2,1-2H3. The Morgan fingerprint density at radius 3 is 2.60 bits per heavy atom. The maximum absolute atomic E-state index is 9.60. The van der Waals surface area contributed by atoms with Crippen molar-refractivity contribution < 1.29 is 5.11 Å². The zero-order valence-electron chi connectivity index (χ0n) is 12.1. The zero-order valence-corrected chi connectivity index (χ0v) is 12.1. The third-order valence-electron chi connectivity index (χ3n) is 3.52. The van der Waals surface area contributed by atoms with Crippen LogP contribution in [0.3, 0.4) is 0 Å². The second-order valence-electron chi connectivity index (χ2n) is 5.25. The van der Waals surface area contributed by atoms with Crippen molar-refractivity contribution in [1.29, 1.82) is 0 Å². The number of rotatable bonds is 5. The average molecular weight is 270 g/mol. The van der Waals surface area contributed by atoms with Crippen LogP contribution in [0.1, 0.15) is 16.7 Å². The Labute approximate surface area is 120 Å². The van der Waals surface area contributed by atoms with E-state index in [0.29, 0.717) is 5.69 Å². The number of anilines is 2. The smallest absolute Gasteiger partial charge is 0.0636 e. The maximum atomic E-state index is 9.60. The maximum Gasteiger partial charge on any atom is 0.0636 e. The van der Waals surface area contributed by atoms with Gasteiger partial charge in [0.25, 0.3) is 0 Å². The van der Waals surface area contributed by atoms with E-state index in [2.05, 4.69) is 24.4 Å². The molecule has 2 aromatic rings. The van der Waals surface area contributed by atoms with Crippen molar-refractivity contribution in [3.05, 3.63) is 59.2 Å². The van der Waals surface area contributed by atoms with E-state index in [9.17, 15) is 5.11 Å². The Morgan fingerprint density at radius 1 is 1.15 bits per heavy atom. The van der Waals surface area contributed by atoms with Gasteiger partial charge in [0.05, 0.1) is 24.0 Å². The number of aryl methyl sites for hydroxylation is 2. The summed E-state index contributed by atoms with van der Waals surface area (Å²) < 4.78 is 0. The van der Waals surface area contributed by atoms with Crippen LogP contribution in [0.15, 0.2) is 42.5 Å². The van der Waals surface area contributed by atoms with Gasteiger partial charge in [0.15, 0.2) is 0 Å². The van der Waals surface area contributed by atoms with Crippen LogP contribution >= 0.6 is 0 Å². The van der Waals surface area contributed by atoms with Gasteiger partial charge in [-0.1, -0.05) is 30.3 Å². The molecule has 0 aliphatic rings. The third-order valence-corrected chi connectivity index (χ3v) is 3.52. The number of aliphatic hydroxyl groups is 1. The zero-order chi connectivity index (χ0) is 14.5. The lowest BCUT2D eigenvalue weighted by Gasteiger charge is -2.20. The summed E-state index contributed by atoms with van der Waals surface area (Å²) in [4.78, 5) is 0. The number of benzene rings is 2. The molecule has 0 aliphatic carbocycles. The molecule has 0 radical (unpaired) electrons. The molecule has 0 aromatic heterocycles. The van der Waals surface area contributed by atoms with E-state index in [1.165, 1.54) is 11.1 Å². The average Bonchev–Trinajstić information content (AvgIpc) is 2.44. The van der Waals surface area contributed by atoms with Gasteiger partial charge in [0.1, 0.15) is 0 Å². The molecule has 0 amide bonds. The molecular formula is C17H22N2O. The normalized spacial score (nSPS) is 12.2. The highest BCUT2D eigenvalue weighted by Crippen LogP contribution is 2.21. The SMILES string of the molecule is Cc1ccc(N)c(NC(CO)Cc2ccccc2C)c1. The van der Waals surface area contributed by atoms with Crippen molar-refractivity contribution >= 4 is 11.4 Å². The third kappa shape index (κ3) is 3.52. The van der Waals surface area contributed by atoms with Crippen LogP contribution in [0, 0.1) is 13.8 Å². The summed E-state index contributed by atoms with van der Waals surface area (Å²) in [5.74, 6) is 0. The number of nitrogens with one attached hydrogen (secondary N) is 1. The summed E-state index contributed by atoms with van der Waals surface area (Å²) in [5, 5.41) is 12.9. The van der Waals surface area contributed by atoms with Gasteiger partial charge in [-0.3, -0.25) is 0 Å². The fourth-order valence-electron chi connectivity index (χ4n) is 2.28. The van der Waals surface area contributed by atoms with Crippen LogP contribution in [0.2, 0.25) is 0 Å². The second-order valence-corrected chi connectivity index (χ2v) is 5.25. The summed E-state index contributed by atoms with van der Waals surface area (Å²) in [6.45, 7) is 4.19. The van der Waals surface area contributed by atoms with E-state index in [0.717, 1.165) is 17.7 Å². The van der Waals surface area contributed by atoms with Crippen LogP contribution in [-0.2, 0) is 6.42 Å². The first-order valence-corrected chi connectivity index (χ1v) is 6.88. The molecule has 1 unspecified atom stereocenters. The predicted octanol–water partition coefficient (Wildman–Crippen LogP) is 2.90. The Hall–Kier alpha value is -2.00. The van der Waals surface area contributed by atoms with Crippen molar-refractivity contribution in [3.8, 4) is 0 Å². The molecule has 106 valence electrons. The summed E-state index contributed by atoms with van der Waals surface area (Å²) in [6, 6.07) is 14.1. The van der Waals surface area contributed by atoms with Gasteiger partial charge in [-0.2, -0.15) is 0 Å². The summed E-state index contributed by atoms with van der Waals surface area (Å²) >= 11 is 0. The highest BCUT2D eigenvalue weighted by Gasteiger charge is 2.11. The molecule has 20 heavy (non-hydrogen) atoms. The van der Waals surface area contributed by atoms with E-state index in [4.69, 9.17) is 5.73 Å². The molecule has 0 spiro atoms. The molecule has 0 aliphatic heterocycles. The van der Waals surface area contributed by atoms with Gasteiger partial charge in [-0.05, 0) is 49.1 Å². The van der Waals surface area contributed by atoms with Gasteiger partial charge in [0.2, 0.25) is 0 Å². The van der Waals surface area contributed by atoms with Crippen molar-refractivity contribution in [1.82, 2.24) is 0 Å². The van der Waals surface area contributed by atoms with Gasteiger partial charge in [0, 0.05) is 0 Å². The Kier molecular flexibility index (Phi) is 4.64. The van der Waals surface area contributed by atoms with E-state index in [-0.39, 0.29) is 12.6 Å². The first-order valence-electron chi connectivity index (χ1n) is 6.88. The Balaban J connectivity index is 2.13. The van der Waals surface area contributed by atoms with E-state index < -0.39 is 0 Å². The van der Waals surface area contributed by atoms with Gasteiger partial charge < -0.3 is 16.2 Å². The predicted molar refractivity (Wildman–Crippen MR) is 85.0 cm³/mol. The van der Waals surface area contributed by atoms with Crippen molar-refractivity contribution in [3.63, 3.8) is 0 Å². The van der Waals surface area contributed by atoms with E-state index >= 15 is 0 Å². The molecule has 0 bridgehead atoms. The van der Waals surface area contributed by atoms with Crippen LogP contribution in [-0.4, -0.2) is 17.8 Å². The molecule has 0 fully saturated rings. The van der Waals surface area contributed by atoms with Crippen molar-refractivity contribution in [2.75, 3.05) is 17.7 Å². The quantitative estimate of drug-likeness (QED) is 0.732. The van der Waals surface area contributed by atoms with Crippen molar-refractivity contribution in [2.45, 2.75) is 26.3 Å². The Morgan fingerprint density at radius 2 is 1.90 bits per heavy atom. The van der Waals surface area contributed by atoms with Crippen molar-refractivity contribution in [2.24, 2.45) is 0 Å². The fourth-order valence-corrected chi connectivity index (χ4v) is 2.28. The molecule has 0 heterocycles. The van der Waals surface area contributed by atoms with Gasteiger partial charge in [-0.15, -0.1) is 0 Å². The topological polar surface area (TPSA) is 58.3 Å². The van der Waals surface area contributed by atoms with E-state index in [1.54, 1.807) is 0 Å². The molecule has 1 atom stereocenters. The molecule has 3 nitrogen and oxygen atoms in total. The van der Waals surface area contributed by atoms with Crippen LogP contribution in [0.25, 0.3) is 0 Å². The first kappa shape index (κ1) is 14.4. The summed E-state index contributed by atoms with van der Waals surface area (Å²) in [6.07, 6.45) is 0.774. The minimum atomic E-state index is -0.0415. The lowest BCUT2D eigenvalue weighted by Crippen LogP contribution is -2.27. The monoisotopic (exact) mass is 270 g/mol. The van der Waals surface area contributed by atoms with E-state index in [1.807, 2.05) is 37.3 Å².